The first-order valence-corrected chi connectivity index (χ1v) is 4.17. The quantitative estimate of drug-likeness (QED) is 0.710. The van der Waals surface area contributed by atoms with E-state index in [1.54, 1.807) is 12.5 Å². The summed E-state index contributed by atoms with van der Waals surface area (Å²) in [6.45, 7) is 2.58. The molecule has 2 heterocycles. The van der Waals surface area contributed by atoms with Crippen molar-refractivity contribution in [1.82, 2.24) is 19.6 Å². The highest BCUT2D eigenvalue weighted by atomic mass is 15.3. The lowest BCUT2D eigenvalue weighted by molar-refractivity contribution is 0.698. The van der Waals surface area contributed by atoms with Gasteiger partial charge in [0.25, 0.3) is 0 Å². The summed E-state index contributed by atoms with van der Waals surface area (Å²) in [4.78, 5) is 4.00. The highest BCUT2D eigenvalue weighted by Crippen LogP contribution is 2.11. The van der Waals surface area contributed by atoms with Crippen LogP contribution in [0, 0.1) is 0 Å². The highest BCUT2D eigenvalue weighted by Gasteiger charge is 2.10. The molecule has 5 nitrogen and oxygen atoms in total. The number of rotatable bonds is 2. The normalized spacial score (nSPS) is 13.4. The van der Waals surface area contributed by atoms with Crippen LogP contribution in [0.15, 0.2) is 18.6 Å². The third-order valence-electron chi connectivity index (χ3n) is 2.03. The molecule has 13 heavy (non-hydrogen) atoms. The van der Waals surface area contributed by atoms with Crippen LogP contribution in [-0.2, 0) is 0 Å². The summed E-state index contributed by atoms with van der Waals surface area (Å²) in [5.74, 6) is 1.07. The van der Waals surface area contributed by atoms with Crippen molar-refractivity contribution in [3.05, 3.63) is 24.4 Å². The molecule has 68 valence electrons. The second kappa shape index (κ2) is 3.10. The first kappa shape index (κ1) is 8.12. The molecular weight excluding hydrogens is 166 g/mol. The molecule has 2 aromatic heterocycles. The zero-order chi connectivity index (χ0) is 9.26. The van der Waals surface area contributed by atoms with Gasteiger partial charge in [0, 0.05) is 24.7 Å². The zero-order valence-electron chi connectivity index (χ0n) is 7.38. The number of hydrogen-bond acceptors (Lipinski definition) is 4. The number of fused-ring (bicyclic) bond motifs is 1. The lowest BCUT2D eigenvalue weighted by atomic mass is 10.2. The molecule has 5 heteroatoms. The lowest BCUT2D eigenvalue weighted by Gasteiger charge is -2.04. The van der Waals surface area contributed by atoms with Crippen molar-refractivity contribution in [1.29, 1.82) is 0 Å². The SMILES string of the molecule is CC(CN)c1nnc2ccncn12. The summed E-state index contributed by atoms with van der Waals surface area (Å²) in [6.07, 6.45) is 3.40. The van der Waals surface area contributed by atoms with Crippen LogP contribution in [0.4, 0.5) is 0 Å². The van der Waals surface area contributed by atoms with Crippen molar-refractivity contribution in [3.63, 3.8) is 0 Å². The fraction of sp³-hybridized carbons (Fsp3) is 0.375. The third kappa shape index (κ3) is 1.27. The fourth-order valence-electron chi connectivity index (χ4n) is 1.20. The van der Waals surface area contributed by atoms with Gasteiger partial charge in [0.15, 0.2) is 5.65 Å². The molecule has 0 aliphatic heterocycles. The Bertz CT molecular complexity index is 408. The van der Waals surface area contributed by atoms with E-state index in [1.807, 2.05) is 17.4 Å². The third-order valence-corrected chi connectivity index (χ3v) is 2.03. The monoisotopic (exact) mass is 177 g/mol. The molecule has 0 aliphatic rings. The van der Waals surface area contributed by atoms with Crippen LogP contribution in [0.2, 0.25) is 0 Å². The minimum atomic E-state index is 0.208. The van der Waals surface area contributed by atoms with Crippen LogP contribution in [0.3, 0.4) is 0 Å². The number of nitrogens with zero attached hydrogens (tertiary/aromatic N) is 4. The van der Waals surface area contributed by atoms with Gasteiger partial charge in [0.1, 0.15) is 12.2 Å². The zero-order valence-corrected chi connectivity index (χ0v) is 7.38. The first-order chi connectivity index (χ1) is 6.33. The number of nitrogens with two attached hydrogens (primary N) is 1. The minimum Gasteiger partial charge on any atom is -0.330 e. The Kier molecular flexibility index (Phi) is 1.94. The first-order valence-electron chi connectivity index (χ1n) is 4.17. The lowest BCUT2D eigenvalue weighted by Crippen LogP contribution is -2.12. The van der Waals surface area contributed by atoms with Crippen molar-refractivity contribution >= 4 is 5.65 Å². The van der Waals surface area contributed by atoms with Crippen molar-refractivity contribution in [2.24, 2.45) is 5.73 Å². The Hall–Kier alpha value is -1.49. The molecule has 2 aromatic rings. The van der Waals surface area contributed by atoms with Crippen LogP contribution in [-0.4, -0.2) is 26.1 Å². The summed E-state index contributed by atoms with van der Waals surface area (Å²) in [6, 6.07) is 1.82. The average molecular weight is 177 g/mol. The summed E-state index contributed by atoms with van der Waals surface area (Å²) in [7, 11) is 0. The molecular formula is C8H11N5. The van der Waals surface area contributed by atoms with E-state index >= 15 is 0 Å². The van der Waals surface area contributed by atoms with Gasteiger partial charge in [-0.25, -0.2) is 4.98 Å². The van der Waals surface area contributed by atoms with Crippen LogP contribution >= 0.6 is 0 Å². The van der Waals surface area contributed by atoms with E-state index in [2.05, 4.69) is 15.2 Å². The second-order valence-corrected chi connectivity index (χ2v) is 3.00. The van der Waals surface area contributed by atoms with Gasteiger partial charge in [-0.2, -0.15) is 0 Å². The van der Waals surface area contributed by atoms with E-state index in [0.29, 0.717) is 6.54 Å². The van der Waals surface area contributed by atoms with Crippen molar-refractivity contribution in [3.8, 4) is 0 Å². The Morgan fingerprint density at radius 2 is 2.38 bits per heavy atom. The summed E-state index contributed by atoms with van der Waals surface area (Å²) < 4.78 is 1.86. The summed E-state index contributed by atoms with van der Waals surface area (Å²) >= 11 is 0. The van der Waals surface area contributed by atoms with Gasteiger partial charge >= 0.3 is 0 Å². The average Bonchev–Trinajstić information content (AvgIpc) is 2.60. The smallest absolute Gasteiger partial charge is 0.163 e. The van der Waals surface area contributed by atoms with Gasteiger partial charge in [0.2, 0.25) is 0 Å². The predicted octanol–water partition coefficient (Wildman–Crippen LogP) is 0.186. The molecule has 1 unspecified atom stereocenters. The van der Waals surface area contributed by atoms with E-state index in [0.717, 1.165) is 11.5 Å². The Morgan fingerprint density at radius 3 is 3.15 bits per heavy atom. The van der Waals surface area contributed by atoms with Crippen molar-refractivity contribution in [2.75, 3.05) is 6.54 Å². The number of aromatic nitrogens is 4. The Balaban J connectivity index is 2.57. The van der Waals surface area contributed by atoms with E-state index in [-0.39, 0.29) is 5.92 Å². The topological polar surface area (TPSA) is 69.1 Å². The van der Waals surface area contributed by atoms with Crippen molar-refractivity contribution < 1.29 is 0 Å². The van der Waals surface area contributed by atoms with Crippen LogP contribution < -0.4 is 5.73 Å². The molecule has 2 N–H and O–H groups in total. The van der Waals surface area contributed by atoms with Crippen LogP contribution in [0.5, 0.6) is 0 Å². The molecule has 0 saturated carbocycles. The Labute approximate surface area is 75.6 Å². The van der Waals surface area contributed by atoms with Gasteiger partial charge in [-0.1, -0.05) is 6.92 Å². The maximum Gasteiger partial charge on any atom is 0.163 e. The molecule has 2 rings (SSSR count). The summed E-state index contributed by atoms with van der Waals surface area (Å²) in [5.41, 5.74) is 6.36. The van der Waals surface area contributed by atoms with Crippen LogP contribution in [0.1, 0.15) is 18.7 Å². The maximum absolute atomic E-state index is 5.55. The van der Waals surface area contributed by atoms with E-state index in [4.69, 9.17) is 5.73 Å². The molecule has 0 amide bonds. The number of hydrogen-bond donors (Lipinski definition) is 1. The standard InChI is InChI=1S/C8H11N5/c1-6(4-9)8-12-11-7-2-3-10-5-13(7)8/h2-3,5-6H,4,9H2,1H3. The summed E-state index contributed by atoms with van der Waals surface area (Å²) in [5, 5.41) is 8.06. The molecule has 1 atom stereocenters. The molecule has 0 saturated heterocycles. The molecule has 0 aromatic carbocycles. The van der Waals surface area contributed by atoms with Gasteiger partial charge in [-0.05, 0) is 0 Å². The fourth-order valence-corrected chi connectivity index (χ4v) is 1.20. The van der Waals surface area contributed by atoms with Crippen molar-refractivity contribution in [2.45, 2.75) is 12.8 Å². The second-order valence-electron chi connectivity index (χ2n) is 3.00. The Morgan fingerprint density at radius 1 is 1.54 bits per heavy atom. The molecule has 0 fully saturated rings. The highest BCUT2D eigenvalue weighted by molar-refractivity contribution is 5.35. The molecule has 0 bridgehead atoms. The van der Waals surface area contributed by atoms with Gasteiger partial charge in [-0.3, -0.25) is 4.40 Å². The largest absolute Gasteiger partial charge is 0.330 e. The predicted molar refractivity (Wildman–Crippen MR) is 48.3 cm³/mol. The molecule has 0 spiro atoms. The van der Waals surface area contributed by atoms with E-state index in [1.165, 1.54) is 0 Å². The molecule has 0 radical (unpaired) electrons. The van der Waals surface area contributed by atoms with Gasteiger partial charge < -0.3 is 5.73 Å². The van der Waals surface area contributed by atoms with E-state index < -0.39 is 0 Å². The molecule has 0 aliphatic carbocycles. The van der Waals surface area contributed by atoms with Gasteiger partial charge in [0.05, 0.1) is 0 Å². The van der Waals surface area contributed by atoms with E-state index in [9.17, 15) is 0 Å². The minimum absolute atomic E-state index is 0.208. The maximum atomic E-state index is 5.55. The van der Waals surface area contributed by atoms with Gasteiger partial charge in [-0.15, -0.1) is 10.2 Å². The van der Waals surface area contributed by atoms with Crippen LogP contribution in [0.25, 0.3) is 5.65 Å².